The van der Waals surface area contributed by atoms with Gasteiger partial charge >= 0.3 is 0 Å². The first kappa shape index (κ1) is 21.8. The second kappa shape index (κ2) is 9.40. The first-order chi connectivity index (χ1) is 15.0. The molecule has 0 bridgehead atoms. The summed E-state index contributed by atoms with van der Waals surface area (Å²) in [6, 6.07) is 7.10. The molecule has 3 heterocycles. The van der Waals surface area contributed by atoms with E-state index in [1.165, 1.54) is 19.3 Å². The molecule has 0 saturated carbocycles. The minimum Gasteiger partial charge on any atom is -0.494 e. The monoisotopic (exact) mass is 445 g/mol. The first-order valence-corrected chi connectivity index (χ1v) is 12.5. The molecule has 4 rings (SSSR count). The molecule has 8 nitrogen and oxygen atoms in total. The average molecular weight is 446 g/mol. The number of hydrogen-bond acceptors (Lipinski definition) is 7. The standard InChI is InChI=1S/C22H31N5O3S/c1-3-30-20-8-7-19(15-18(20)2)31(28,29)27-13-11-26(12-14-27)22-16-21(23-17-24-22)25-9-5-4-6-10-25/h7-8,15-17H,3-6,9-14H2,1-2H3. The molecule has 1 aromatic carbocycles. The summed E-state index contributed by atoms with van der Waals surface area (Å²) in [5, 5.41) is 0. The molecule has 0 radical (unpaired) electrons. The molecule has 0 amide bonds. The zero-order chi connectivity index (χ0) is 21.8. The lowest BCUT2D eigenvalue weighted by Crippen LogP contribution is -2.49. The molecule has 2 aliphatic rings. The van der Waals surface area contributed by atoms with Crippen LogP contribution in [0.15, 0.2) is 35.5 Å². The molecule has 0 atom stereocenters. The average Bonchev–Trinajstić information content (AvgIpc) is 2.81. The van der Waals surface area contributed by atoms with E-state index in [0.717, 1.165) is 36.0 Å². The van der Waals surface area contributed by atoms with Gasteiger partial charge in [0.25, 0.3) is 0 Å². The minimum atomic E-state index is -3.54. The van der Waals surface area contributed by atoms with Gasteiger partial charge in [0.05, 0.1) is 11.5 Å². The van der Waals surface area contributed by atoms with E-state index in [4.69, 9.17) is 4.74 Å². The molecule has 31 heavy (non-hydrogen) atoms. The Labute approximate surface area is 184 Å². The number of piperazine rings is 1. The molecule has 0 unspecified atom stereocenters. The van der Waals surface area contributed by atoms with Crippen LogP contribution in [0.5, 0.6) is 5.75 Å². The summed E-state index contributed by atoms with van der Waals surface area (Å²) >= 11 is 0. The van der Waals surface area contributed by atoms with Crippen molar-refractivity contribution in [2.45, 2.75) is 38.0 Å². The van der Waals surface area contributed by atoms with Crippen molar-refractivity contribution in [2.75, 3.05) is 55.7 Å². The molecule has 1 aromatic heterocycles. The second-order valence-electron chi connectivity index (χ2n) is 8.03. The third-order valence-electron chi connectivity index (χ3n) is 5.96. The first-order valence-electron chi connectivity index (χ1n) is 11.0. The van der Waals surface area contributed by atoms with Crippen molar-refractivity contribution in [3.8, 4) is 5.75 Å². The summed E-state index contributed by atoms with van der Waals surface area (Å²) in [4.78, 5) is 13.7. The predicted octanol–water partition coefficient (Wildman–Crippen LogP) is 2.68. The molecular weight excluding hydrogens is 414 g/mol. The maximum Gasteiger partial charge on any atom is 0.243 e. The van der Waals surface area contributed by atoms with Crippen molar-refractivity contribution in [3.63, 3.8) is 0 Å². The van der Waals surface area contributed by atoms with Crippen molar-refractivity contribution >= 4 is 21.7 Å². The van der Waals surface area contributed by atoms with Crippen LogP contribution < -0.4 is 14.5 Å². The van der Waals surface area contributed by atoms with Crippen LogP contribution in [-0.4, -0.2) is 68.6 Å². The molecule has 2 aromatic rings. The van der Waals surface area contributed by atoms with Crippen molar-refractivity contribution < 1.29 is 13.2 Å². The predicted molar refractivity (Wildman–Crippen MR) is 121 cm³/mol. The number of aromatic nitrogens is 2. The highest BCUT2D eigenvalue weighted by Crippen LogP contribution is 2.26. The van der Waals surface area contributed by atoms with Crippen LogP contribution in [0.4, 0.5) is 11.6 Å². The lowest BCUT2D eigenvalue weighted by atomic mass is 10.1. The van der Waals surface area contributed by atoms with Crippen LogP contribution in [0.1, 0.15) is 31.7 Å². The number of anilines is 2. The fourth-order valence-corrected chi connectivity index (χ4v) is 5.72. The van der Waals surface area contributed by atoms with E-state index in [1.54, 1.807) is 28.8 Å². The van der Waals surface area contributed by atoms with E-state index >= 15 is 0 Å². The normalized spacial score (nSPS) is 18.3. The zero-order valence-electron chi connectivity index (χ0n) is 18.3. The molecule has 9 heteroatoms. The topological polar surface area (TPSA) is 78.9 Å². The van der Waals surface area contributed by atoms with E-state index in [2.05, 4.69) is 19.8 Å². The van der Waals surface area contributed by atoms with Crippen LogP contribution in [0, 0.1) is 6.92 Å². The van der Waals surface area contributed by atoms with Gasteiger partial charge in [0.2, 0.25) is 10.0 Å². The Hall–Kier alpha value is -2.39. The molecule has 0 spiro atoms. The highest BCUT2D eigenvalue weighted by atomic mass is 32.2. The minimum absolute atomic E-state index is 0.316. The van der Waals surface area contributed by atoms with Crippen molar-refractivity contribution in [1.29, 1.82) is 0 Å². The van der Waals surface area contributed by atoms with Gasteiger partial charge < -0.3 is 14.5 Å². The fraction of sp³-hybridized carbons (Fsp3) is 0.545. The lowest BCUT2D eigenvalue weighted by molar-refractivity contribution is 0.337. The smallest absolute Gasteiger partial charge is 0.243 e. The molecule has 2 aliphatic heterocycles. The number of piperidine rings is 1. The Balaban J connectivity index is 1.43. The van der Waals surface area contributed by atoms with Gasteiger partial charge in [-0.05, 0) is 56.9 Å². The Morgan fingerprint density at radius 1 is 0.903 bits per heavy atom. The summed E-state index contributed by atoms with van der Waals surface area (Å²) in [6.07, 6.45) is 5.28. The van der Waals surface area contributed by atoms with Crippen LogP contribution in [0.2, 0.25) is 0 Å². The summed E-state index contributed by atoms with van der Waals surface area (Å²) in [7, 11) is -3.54. The number of nitrogens with zero attached hydrogens (tertiary/aromatic N) is 5. The van der Waals surface area contributed by atoms with Gasteiger partial charge in [0, 0.05) is 45.3 Å². The van der Waals surface area contributed by atoms with Gasteiger partial charge in [0.15, 0.2) is 0 Å². The van der Waals surface area contributed by atoms with E-state index in [1.807, 2.05) is 19.9 Å². The van der Waals surface area contributed by atoms with Crippen LogP contribution in [0.25, 0.3) is 0 Å². The Morgan fingerprint density at radius 2 is 1.55 bits per heavy atom. The highest BCUT2D eigenvalue weighted by Gasteiger charge is 2.29. The Kier molecular flexibility index (Phi) is 6.62. The number of benzene rings is 1. The summed E-state index contributed by atoms with van der Waals surface area (Å²) < 4.78 is 33.4. The van der Waals surface area contributed by atoms with E-state index in [-0.39, 0.29) is 0 Å². The van der Waals surface area contributed by atoms with E-state index in [9.17, 15) is 8.42 Å². The lowest BCUT2D eigenvalue weighted by Gasteiger charge is -2.35. The number of sulfonamides is 1. The Bertz CT molecular complexity index is 1000. The molecule has 0 aliphatic carbocycles. The molecule has 168 valence electrons. The summed E-state index contributed by atoms with van der Waals surface area (Å²) in [6.45, 7) is 8.46. The third-order valence-corrected chi connectivity index (χ3v) is 7.86. The molecule has 2 saturated heterocycles. The van der Waals surface area contributed by atoms with Crippen LogP contribution >= 0.6 is 0 Å². The van der Waals surface area contributed by atoms with E-state index in [0.29, 0.717) is 37.7 Å². The second-order valence-corrected chi connectivity index (χ2v) is 9.97. The van der Waals surface area contributed by atoms with Gasteiger partial charge in [-0.1, -0.05) is 0 Å². The molecule has 2 fully saturated rings. The van der Waals surface area contributed by atoms with Gasteiger partial charge in [-0.15, -0.1) is 0 Å². The number of ether oxygens (including phenoxy) is 1. The maximum atomic E-state index is 13.1. The summed E-state index contributed by atoms with van der Waals surface area (Å²) in [5.41, 5.74) is 0.827. The van der Waals surface area contributed by atoms with E-state index < -0.39 is 10.0 Å². The van der Waals surface area contributed by atoms with Crippen molar-refractivity contribution in [1.82, 2.24) is 14.3 Å². The van der Waals surface area contributed by atoms with Gasteiger partial charge in [0.1, 0.15) is 23.7 Å². The summed E-state index contributed by atoms with van der Waals surface area (Å²) in [5.74, 6) is 2.55. The molecular formula is C22H31N5O3S. The quantitative estimate of drug-likeness (QED) is 0.676. The SMILES string of the molecule is CCOc1ccc(S(=O)(=O)N2CCN(c3cc(N4CCCCC4)ncn3)CC2)cc1C. The fourth-order valence-electron chi connectivity index (χ4n) is 4.21. The third kappa shape index (κ3) is 4.77. The highest BCUT2D eigenvalue weighted by molar-refractivity contribution is 7.89. The van der Waals surface area contributed by atoms with Crippen molar-refractivity contribution in [2.24, 2.45) is 0 Å². The van der Waals surface area contributed by atoms with Gasteiger partial charge in [-0.25, -0.2) is 18.4 Å². The Morgan fingerprint density at radius 3 is 2.16 bits per heavy atom. The van der Waals surface area contributed by atoms with Crippen LogP contribution in [0.3, 0.4) is 0 Å². The van der Waals surface area contributed by atoms with Gasteiger partial charge in [-0.2, -0.15) is 4.31 Å². The number of aryl methyl sites for hydroxylation is 1. The largest absolute Gasteiger partial charge is 0.494 e. The maximum absolute atomic E-state index is 13.1. The van der Waals surface area contributed by atoms with Gasteiger partial charge in [-0.3, -0.25) is 0 Å². The van der Waals surface area contributed by atoms with Crippen molar-refractivity contribution in [3.05, 3.63) is 36.2 Å². The number of rotatable bonds is 6. The molecule has 0 N–H and O–H groups in total. The zero-order valence-corrected chi connectivity index (χ0v) is 19.1. The van der Waals surface area contributed by atoms with Crippen LogP contribution in [-0.2, 0) is 10.0 Å². The number of hydrogen-bond donors (Lipinski definition) is 0.